The van der Waals surface area contributed by atoms with Gasteiger partial charge < -0.3 is 10.2 Å². The molecule has 0 fully saturated rings. The second kappa shape index (κ2) is 13.2. The summed E-state index contributed by atoms with van der Waals surface area (Å²) in [6.45, 7) is 5.65. The molecule has 0 aliphatic carbocycles. The zero-order chi connectivity index (χ0) is 18.4. The predicted octanol–water partition coefficient (Wildman–Crippen LogP) is 5.32. The number of nitrogens with zero attached hydrogens (tertiary/aromatic N) is 1. The lowest BCUT2D eigenvalue weighted by Gasteiger charge is -2.05. The monoisotopic (exact) mass is 359 g/mol. The maximum absolute atomic E-state index is 9.24. The highest BCUT2D eigenvalue weighted by Crippen LogP contribution is 2.12. The number of aliphatic hydroxyl groups excluding tert-OH is 2. The Kier molecular flexibility index (Phi) is 11.9. The van der Waals surface area contributed by atoms with Gasteiger partial charge in [-0.05, 0) is 42.8 Å². The van der Waals surface area contributed by atoms with E-state index in [-0.39, 0.29) is 10.1 Å². The molecule has 0 atom stereocenters. The molecule has 0 bridgehead atoms. The topological polar surface area (TPSA) is 64.2 Å². The smallest absolute Gasteiger partial charge is 0.188 e. The summed E-state index contributed by atoms with van der Waals surface area (Å²) >= 11 is 9.27. The van der Waals surface area contributed by atoms with Gasteiger partial charge in [-0.1, -0.05) is 67.9 Å². The number of aliphatic hydroxyl groups is 2. The van der Waals surface area contributed by atoms with Gasteiger partial charge in [-0.3, -0.25) is 0 Å². The highest BCUT2D eigenvalue weighted by Gasteiger charge is 2.04. The number of benzene rings is 2. The number of rotatable bonds is 5. The van der Waals surface area contributed by atoms with E-state index < -0.39 is 0 Å². The van der Waals surface area contributed by atoms with E-state index >= 15 is 0 Å². The number of thiocarbonyl (C=S) groups is 2. The Hall–Kier alpha value is -2.29. The first-order valence-electron chi connectivity index (χ1n) is 7.41. The van der Waals surface area contributed by atoms with Crippen LogP contribution in [0.4, 0.5) is 0 Å². The Morgan fingerprint density at radius 3 is 1.92 bits per heavy atom. The van der Waals surface area contributed by atoms with E-state index in [9.17, 15) is 5.11 Å². The number of nitriles is 1. The maximum Gasteiger partial charge on any atom is 0.188 e. The zero-order valence-electron chi connectivity index (χ0n) is 13.6. The third-order valence-electron chi connectivity index (χ3n) is 3.07. The lowest BCUT2D eigenvalue weighted by Crippen LogP contribution is -2.00. The lowest BCUT2D eigenvalue weighted by molar-refractivity contribution is 0.569. The molecule has 0 aliphatic heterocycles. The van der Waals surface area contributed by atoms with Gasteiger partial charge in [0.25, 0.3) is 0 Å². The second-order valence-electron chi connectivity index (χ2n) is 4.74. The van der Waals surface area contributed by atoms with Crippen LogP contribution < -0.4 is 0 Å². The molecule has 2 N–H and O–H groups in total. The van der Waals surface area contributed by atoms with Crippen LogP contribution in [0.3, 0.4) is 0 Å². The molecule has 0 saturated carbocycles. The standard InChI is InChI=1S/C11H14OS.C7H6OS.CHN/c1-2-3-6-9-7-4-5-8-10(9)11(12)13;8-7(9)6-4-2-1-3-5-6;1-2/h4-5,7-8H,2-3,6H2,1H3,(H,12,13);1-5H,(H,8,9);1H. The van der Waals surface area contributed by atoms with E-state index in [4.69, 9.17) is 22.6 Å². The van der Waals surface area contributed by atoms with Crippen LogP contribution >= 0.6 is 24.4 Å². The van der Waals surface area contributed by atoms with Crippen molar-refractivity contribution in [1.82, 2.24) is 0 Å². The summed E-state index contributed by atoms with van der Waals surface area (Å²) in [5.41, 5.74) is 2.66. The van der Waals surface area contributed by atoms with Crippen molar-refractivity contribution in [3.63, 3.8) is 0 Å². The summed E-state index contributed by atoms with van der Waals surface area (Å²) in [5, 5.41) is 24.5. The average molecular weight is 360 g/mol. The second-order valence-corrected chi connectivity index (χ2v) is 5.51. The van der Waals surface area contributed by atoms with Gasteiger partial charge in [0, 0.05) is 17.7 Å². The third kappa shape index (κ3) is 8.37. The third-order valence-corrected chi connectivity index (χ3v) is 3.52. The fourth-order valence-corrected chi connectivity index (χ4v) is 2.23. The minimum atomic E-state index is -0.0457. The van der Waals surface area contributed by atoms with Crippen molar-refractivity contribution in [3.05, 3.63) is 71.3 Å². The number of unbranched alkanes of at least 4 members (excludes halogenated alkanes) is 1. The molecule has 0 saturated heterocycles. The van der Waals surface area contributed by atoms with Crippen LogP contribution in [-0.2, 0) is 6.42 Å². The summed E-state index contributed by atoms with van der Waals surface area (Å²) in [6.07, 6.45) is 3.29. The van der Waals surface area contributed by atoms with E-state index in [0.717, 1.165) is 30.4 Å². The van der Waals surface area contributed by atoms with Gasteiger partial charge in [0.05, 0.1) is 0 Å². The molecule has 2 aromatic carbocycles. The van der Waals surface area contributed by atoms with Gasteiger partial charge >= 0.3 is 0 Å². The number of aryl methyl sites for hydroxylation is 1. The van der Waals surface area contributed by atoms with Gasteiger partial charge in [-0.2, -0.15) is 0 Å². The summed E-state index contributed by atoms with van der Waals surface area (Å²) < 4.78 is 0. The van der Waals surface area contributed by atoms with Crippen LogP contribution in [0, 0.1) is 11.8 Å². The van der Waals surface area contributed by atoms with Crippen LogP contribution in [0.25, 0.3) is 0 Å². The number of hydrogen-bond acceptors (Lipinski definition) is 3. The first kappa shape index (κ1) is 21.7. The van der Waals surface area contributed by atoms with Crippen LogP contribution in [0.5, 0.6) is 0 Å². The largest absolute Gasteiger partial charge is 0.499 e. The molecule has 0 aromatic heterocycles. The van der Waals surface area contributed by atoms with Crippen molar-refractivity contribution in [2.45, 2.75) is 26.2 Å². The SMILES string of the molecule is C#N.CCCCc1ccccc1C(O)=S.OC(=S)c1ccccc1. The normalized spacial score (nSPS) is 8.79. The van der Waals surface area contributed by atoms with E-state index in [2.05, 4.69) is 25.7 Å². The molecule has 24 heavy (non-hydrogen) atoms. The first-order valence-corrected chi connectivity index (χ1v) is 8.23. The summed E-state index contributed by atoms with van der Waals surface area (Å²) in [4.78, 5) is 0. The fourth-order valence-electron chi connectivity index (χ4n) is 1.89. The van der Waals surface area contributed by atoms with Crippen molar-refractivity contribution >= 4 is 34.5 Å². The van der Waals surface area contributed by atoms with Crippen LogP contribution in [-0.4, -0.2) is 20.3 Å². The molecule has 0 spiro atoms. The van der Waals surface area contributed by atoms with Crippen molar-refractivity contribution in [2.24, 2.45) is 0 Å². The maximum atomic E-state index is 9.24. The highest BCUT2D eigenvalue weighted by molar-refractivity contribution is 7.80. The minimum Gasteiger partial charge on any atom is -0.499 e. The summed E-state index contributed by atoms with van der Waals surface area (Å²) in [5.74, 6) is 0. The van der Waals surface area contributed by atoms with E-state index in [0.29, 0.717) is 5.56 Å². The zero-order valence-corrected chi connectivity index (χ0v) is 15.2. The number of hydrogen-bond donors (Lipinski definition) is 2. The Balaban J connectivity index is 0.000000420. The molecule has 0 heterocycles. The molecule has 0 unspecified atom stereocenters. The van der Waals surface area contributed by atoms with Gasteiger partial charge in [0.2, 0.25) is 0 Å². The average Bonchev–Trinajstić information content (AvgIpc) is 2.63. The molecule has 0 amide bonds. The van der Waals surface area contributed by atoms with Gasteiger partial charge in [-0.15, -0.1) is 0 Å². The molecule has 0 radical (unpaired) electrons. The predicted molar refractivity (Wildman–Crippen MR) is 107 cm³/mol. The molecule has 2 rings (SSSR count). The quantitative estimate of drug-likeness (QED) is 0.707. The van der Waals surface area contributed by atoms with Crippen LogP contribution in [0.15, 0.2) is 54.6 Å². The van der Waals surface area contributed by atoms with Crippen molar-refractivity contribution in [3.8, 4) is 6.57 Å². The molecule has 126 valence electrons. The fraction of sp³-hybridized carbons (Fsp3) is 0.211. The molecule has 0 aliphatic rings. The van der Waals surface area contributed by atoms with E-state index in [1.165, 1.54) is 0 Å². The molecule has 3 nitrogen and oxygen atoms in total. The van der Waals surface area contributed by atoms with Crippen LogP contribution in [0.1, 0.15) is 36.5 Å². The van der Waals surface area contributed by atoms with E-state index in [1.54, 1.807) is 12.1 Å². The Morgan fingerprint density at radius 2 is 1.46 bits per heavy atom. The van der Waals surface area contributed by atoms with Gasteiger partial charge in [0.1, 0.15) is 0 Å². The van der Waals surface area contributed by atoms with Gasteiger partial charge in [0.15, 0.2) is 10.1 Å². The Labute approximate surface area is 154 Å². The van der Waals surface area contributed by atoms with Crippen molar-refractivity contribution < 1.29 is 10.2 Å². The Morgan fingerprint density at radius 1 is 0.917 bits per heavy atom. The first-order chi connectivity index (χ1) is 11.6. The van der Waals surface area contributed by atoms with Crippen molar-refractivity contribution in [1.29, 1.82) is 5.26 Å². The molecular weight excluding hydrogens is 338 g/mol. The molecule has 2 aromatic rings. The summed E-state index contributed by atoms with van der Waals surface area (Å²) in [6, 6.07) is 16.8. The van der Waals surface area contributed by atoms with Gasteiger partial charge in [-0.25, -0.2) is 5.26 Å². The molecular formula is C19H21NO2S2. The highest BCUT2D eigenvalue weighted by atomic mass is 32.1. The van der Waals surface area contributed by atoms with Crippen LogP contribution in [0.2, 0.25) is 0 Å². The molecule has 5 heteroatoms. The van der Waals surface area contributed by atoms with E-state index in [1.807, 2.05) is 42.5 Å². The summed E-state index contributed by atoms with van der Waals surface area (Å²) in [7, 11) is 0. The minimum absolute atomic E-state index is 0.00621. The van der Waals surface area contributed by atoms with Crippen molar-refractivity contribution in [2.75, 3.05) is 0 Å². The lowest BCUT2D eigenvalue weighted by atomic mass is 10.0. The Bertz CT molecular complexity index is 655.